The van der Waals surface area contributed by atoms with Gasteiger partial charge in [-0.05, 0) is 30.7 Å². The van der Waals surface area contributed by atoms with Crippen LogP contribution >= 0.6 is 11.3 Å². The molecule has 3 N–H and O–H groups in total. The number of carbonyl (C=O) groups is 2. The van der Waals surface area contributed by atoms with Gasteiger partial charge in [0, 0.05) is 6.08 Å². The third kappa shape index (κ3) is 4.98. The predicted octanol–water partition coefficient (Wildman–Crippen LogP) is 1.36. The molecule has 2 amide bonds. The number of anilines is 1. The number of nitrogens with two attached hydrogens (primary N) is 1. The molecule has 0 aliphatic carbocycles. The molecule has 2 rings (SSSR count). The second kappa shape index (κ2) is 7.32. The number of benzene rings is 1. The van der Waals surface area contributed by atoms with E-state index in [-0.39, 0.29) is 12.5 Å². The highest BCUT2D eigenvalue weighted by atomic mass is 32.1. The fourth-order valence-corrected chi connectivity index (χ4v) is 2.09. The lowest BCUT2D eigenvalue weighted by atomic mass is 10.2. The van der Waals surface area contributed by atoms with Gasteiger partial charge in [-0.15, -0.1) is 10.2 Å². The minimum Gasteiger partial charge on any atom is -0.484 e. The van der Waals surface area contributed by atoms with Crippen LogP contribution in [0.1, 0.15) is 10.6 Å². The monoisotopic (exact) mass is 318 g/mol. The molecule has 0 aliphatic heterocycles. The van der Waals surface area contributed by atoms with Crippen LogP contribution in [-0.4, -0.2) is 28.6 Å². The van der Waals surface area contributed by atoms with E-state index in [1.54, 1.807) is 30.3 Å². The zero-order valence-electron chi connectivity index (χ0n) is 11.8. The Morgan fingerprint density at radius 3 is 2.64 bits per heavy atom. The average Bonchev–Trinajstić information content (AvgIpc) is 2.89. The number of primary amides is 1. The number of carbonyl (C=O) groups excluding carboxylic acids is 2. The number of hydrogen-bond donors (Lipinski definition) is 2. The normalized spacial score (nSPS) is 10.6. The van der Waals surface area contributed by atoms with E-state index < -0.39 is 5.91 Å². The van der Waals surface area contributed by atoms with Gasteiger partial charge in [-0.1, -0.05) is 23.5 Å². The Hall–Kier alpha value is -2.74. The maximum Gasteiger partial charge on any atom is 0.255 e. The minimum absolute atomic E-state index is 0.168. The van der Waals surface area contributed by atoms with Gasteiger partial charge in [0.05, 0.1) is 0 Å². The lowest BCUT2D eigenvalue weighted by Crippen LogP contribution is -2.19. The summed E-state index contributed by atoms with van der Waals surface area (Å²) >= 11 is 1.31. The second-order valence-electron chi connectivity index (χ2n) is 4.27. The number of amides is 2. The molecular formula is C14H14N4O3S. The Kier molecular flexibility index (Phi) is 5.21. The van der Waals surface area contributed by atoms with Crippen molar-refractivity contribution in [3.63, 3.8) is 0 Å². The van der Waals surface area contributed by atoms with Gasteiger partial charge in [0.1, 0.15) is 10.8 Å². The standard InChI is InChI=1S/C14H14N4O3S/c1-9-17-18-14(22-9)16-13(20)7-4-10-2-5-11(6-3-10)21-8-12(15)19/h2-7H,8H2,1H3,(H2,15,19)(H,16,18,20)/b7-4+. The summed E-state index contributed by atoms with van der Waals surface area (Å²) in [5, 5.41) is 11.5. The molecule has 1 aromatic carbocycles. The molecule has 0 atom stereocenters. The molecule has 8 heteroatoms. The molecule has 0 saturated carbocycles. The second-order valence-corrected chi connectivity index (χ2v) is 5.45. The Bertz CT molecular complexity index is 694. The predicted molar refractivity (Wildman–Crippen MR) is 83.4 cm³/mol. The van der Waals surface area contributed by atoms with Crippen molar-refractivity contribution in [3.05, 3.63) is 40.9 Å². The number of nitrogens with zero attached hydrogens (tertiary/aromatic N) is 2. The molecule has 0 bridgehead atoms. The van der Waals surface area contributed by atoms with Crippen molar-refractivity contribution in [3.8, 4) is 5.75 Å². The van der Waals surface area contributed by atoms with Crippen LogP contribution in [0.5, 0.6) is 5.75 Å². The largest absolute Gasteiger partial charge is 0.484 e. The fraction of sp³-hybridized carbons (Fsp3) is 0.143. The third-order valence-corrected chi connectivity index (χ3v) is 3.20. The molecular weight excluding hydrogens is 304 g/mol. The van der Waals surface area contributed by atoms with Crippen molar-refractivity contribution < 1.29 is 14.3 Å². The van der Waals surface area contributed by atoms with Crippen LogP contribution in [0.2, 0.25) is 0 Å². The SMILES string of the molecule is Cc1nnc(NC(=O)/C=C/c2ccc(OCC(N)=O)cc2)s1. The molecule has 0 saturated heterocycles. The molecule has 0 spiro atoms. The molecule has 0 aliphatic rings. The van der Waals surface area contributed by atoms with E-state index in [4.69, 9.17) is 10.5 Å². The first-order chi connectivity index (χ1) is 10.5. The van der Waals surface area contributed by atoms with E-state index in [9.17, 15) is 9.59 Å². The summed E-state index contributed by atoms with van der Waals surface area (Å²) < 4.78 is 5.14. The van der Waals surface area contributed by atoms with Gasteiger partial charge in [0.25, 0.3) is 5.91 Å². The van der Waals surface area contributed by atoms with Gasteiger partial charge in [-0.3, -0.25) is 14.9 Å². The van der Waals surface area contributed by atoms with Crippen LogP contribution in [0.25, 0.3) is 6.08 Å². The Balaban J connectivity index is 1.89. The minimum atomic E-state index is -0.535. The molecule has 114 valence electrons. The first kappa shape index (κ1) is 15.6. The van der Waals surface area contributed by atoms with Crippen molar-refractivity contribution >= 4 is 34.4 Å². The number of ether oxygens (including phenoxy) is 1. The van der Waals surface area contributed by atoms with Gasteiger partial charge in [-0.2, -0.15) is 0 Å². The highest BCUT2D eigenvalue weighted by molar-refractivity contribution is 7.15. The van der Waals surface area contributed by atoms with E-state index in [0.29, 0.717) is 10.9 Å². The zero-order chi connectivity index (χ0) is 15.9. The van der Waals surface area contributed by atoms with Crippen LogP contribution in [0.4, 0.5) is 5.13 Å². The van der Waals surface area contributed by atoms with E-state index in [0.717, 1.165) is 10.6 Å². The smallest absolute Gasteiger partial charge is 0.255 e. The van der Waals surface area contributed by atoms with Gasteiger partial charge < -0.3 is 10.5 Å². The lowest BCUT2D eigenvalue weighted by molar-refractivity contribution is -0.120. The first-order valence-electron chi connectivity index (χ1n) is 6.33. The fourth-order valence-electron chi connectivity index (χ4n) is 1.50. The molecule has 22 heavy (non-hydrogen) atoms. The third-order valence-electron chi connectivity index (χ3n) is 2.44. The van der Waals surface area contributed by atoms with Crippen LogP contribution in [-0.2, 0) is 9.59 Å². The number of aromatic nitrogens is 2. The van der Waals surface area contributed by atoms with Gasteiger partial charge in [0.15, 0.2) is 6.61 Å². The van der Waals surface area contributed by atoms with Crippen LogP contribution in [0, 0.1) is 6.92 Å². The summed E-state index contributed by atoms with van der Waals surface area (Å²) in [4.78, 5) is 22.3. The van der Waals surface area contributed by atoms with Crippen molar-refractivity contribution in [1.29, 1.82) is 0 Å². The molecule has 7 nitrogen and oxygen atoms in total. The van der Waals surface area contributed by atoms with Crippen molar-refractivity contribution in [2.24, 2.45) is 5.73 Å². The summed E-state index contributed by atoms with van der Waals surface area (Å²) in [5.41, 5.74) is 5.80. The number of hydrogen-bond acceptors (Lipinski definition) is 6. The number of rotatable bonds is 6. The number of aryl methyl sites for hydroxylation is 1. The van der Waals surface area contributed by atoms with E-state index >= 15 is 0 Å². The molecule has 1 heterocycles. The van der Waals surface area contributed by atoms with E-state index in [2.05, 4.69) is 15.5 Å². The van der Waals surface area contributed by atoms with Gasteiger partial charge in [0.2, 0.25) is 11.0 Å². The van der Waals surface area contributed by atoms with Crippen LogP contribution in [0.15, 0.2) is 30.3 Å². The van der Waals surface area contributed by atoms with E-state index in [1.807, 2.05) is 6.92 Å². The zero-order valence-corrected chi connectivity index (χ0v) is 12.6. The van der Waals surface area contributed by atoms with Crippen LogP contribution in [0.3, 0.4) is 0 Å². The van der Waals surface area contributed by atoms with Crippen molar-refractivity contribution in [2.75, 3.05) is 11.9 Å². The van der Waals surface area contributed by atoms with Crippen molar-refractivity contribution in [2.45, 2.75) is 6.92 Å². The summed E-state index contributed by atoms with van der Waals surface area (Å²) in [6, 6.07) is 6.90. The molecule has 1 aromatic heterocycles. The van der Waals surface area contributed by atoms with Gasteiger partial charge in [-0.25, -0.2) is 0 Å². The van der Waals surface area contributed by atoms with Gasteiger partial charge >= 0.3 is 0 Å². The maximum atomic E-state index is 11.7. The Labute approximate surface area is 130 Å². The molecule has 0 fully saturated rings. The summed E-state index contributed by atoms with van der Waals surface area (Å²) in [6.07, 6.45) is 3.05. The van der Waals surface area contributed by atoms with E-state index in [1.165, 1.54) is 17.4 Å². The van der Waals surface area contributed by atoms with Crippen LogP contribution < -0.4 is 15.8 Å². The Morgan fingerprint density at radius 1 is 1.32 bits per heavy atom. The highest BCUT2D eigenvalue weighted by Gasteiger charge is 2.03. The topological polar surface area (TPSA) is 107 Å². The quantitative estimate of drug-likeness (QED) is 0.782. The molecule has 0 radical (unpaired) electrons. The molecule has 0 unspecified atom stereocenters. The highest BCUT2D eigenvalue weighted by Crippen LogP contribution is 2.15. The first-order valence-corrected chi connectivity index (χ1v) is 7.15. The lowest BCUT2D eigenvalue weighted by Gasteiger charge is -2.03. The maximum absolute atomic E-state index is 11.7. The van der Waals surface area contributed by atoms with Crippen molar-refractivity contribution in [1.82, 2.24) is 10.2 Å². The summed E-state index contributed by atoms with van der Waals surface area (Å²) in [5.74, 6) is -0.289. The average molecular weight is 318 g/mol. The summed E-state index contributed by atoms with van der Waals surface area (Å²) in [7, 11) is 0. The Morgan fingerprint density at radius 2 is 2.05 bits per heavy atom. The summed E-state index contributed by atoms with van der Waals surface area (Å²) in [6.45, 7) is 1.64. The number of nitrogens with one attached hydrogen (secondary N) is 1. The molecule has 2 aromatic rings.